The van der Waals surface area contributed by atoms with Crippen molar-refractivity contribution >= 4 is 0 Å². The molecule has 0 unspecified atom stereocenters. The lowest BCUT2D eigenvalue weighted by Crippen LogP contribution is -1.93. The Hall–Kier alpha value is -0.780. The second-order valence-corrected chi connectivity index (χ2v) is 5.18. The van der Waals surface area contributed by atoms with Gasteiger partial charge in [-0.25, -0.2) is 0 Å². The fraction of sp³-hybridized carbons (Fsp3) is 0.684. The zero-order valence-corrected chi connectivity index (χ0v) is 13.9. The minimum Gasteiger partial charge on any atom is -0.0683 e. The Kier molecular flexibility index (Phi) is 11.8. The van der Waals surface area contributed by atoms with Gasteiger partial charge < -0.3 is 0 Å². The van der Waals surface area contributed by atoms with Gasteiger partial charge >= 0.3 is 0 Å². The van der Waals surface area contributed by atoms with Crippen LogP contribution in [-0.2, 0) is 12.8 Å². The molecule has 0 aliphatic carbocycles. The molecule has 19 heavy (non-hydrogen) atoms. The maximum Gasteiger partial charge on any atom is -0.0276 e. The van der Waals surface area contributed by atoms with Crippen molar-refractivity contribution in [1.29, 1.82) is 0 Å². The third-order valence-electron chi connectivity index (χ3n) is 3.53. The molecule has 0 N–H and O–H groups in total. The van der Waals surface area contributed by atoms with Crippen LogP contribution in [0.25, 0.3) is 0 Å². The number of aryl methyl sites for hydroxylation is 3. The molecule has 0 heterocycles. The summed E-state index contributed by atoms with van der Waals surface area (Å²) in [5.74, 6) is 0. The molecule has 110 valence electrons. The predicted octanol–water partition coefficient (Wildman–Crippen LogP) is 6.49. The molecule has 1 aromatic carbocycles. The van der Waals surface area contributed by atoms with Gasteiger partial charge in [-0.3, -0.25) is 0 Å². The summed E-state index contributed by atoms with van der Waals surface area (Å²) >= 11 is 0. The second kappa shape index (κ2) is 12.3. The van der Waals surface area contributed by atoms with Crippen LogP contribution in [0.3, 0.4) is 0 Å². The summed E-state index contributed by atoms with van der Waals surface area (Å²) < 4.78 is 0. The first kappa shape index (κ1) is 18.2. The number of benzene rings is 1. The van der Waals surface area contributed by atoms with E-state index in [0.29, 0.717) is 0 Å². The summed E-state index contributed by atoms with van der Waals surface area (Å²) in [5.41, 5.74) is 4.56. The van der Waals surface area contributed by atoms with E-state index >= 15 is 0 Å². The Morgan fingerprint density at radius 3 is 2.05 bits per heavy atom. The Morgan fingerprint density at radius 1 is 0.789 bits per heavy atom. The predicted molar refractivity (Wildman–Crippen MR) is 89.0 cm³/mol. The van der Waals surface area contributed by atoms with Gasteiger partial charge in [0.05, 0.1) is 0 Å². The maximum atomic E-state index is 2.40. The van der Waals surface area contributed by atoms with Crippen molar-refractivity contribution in [2.24, 2.45) is 0 Å². The first-order valence-electron chi connectivity index (χ1n) is 8.36. The average molecular weight is 262 g/mol. The summed E-state index contributed by atoms with van der Waals surface area (Å²) in [7, 11) is 0. The lowest BCUT2D eigenvalue weighted by atomic mass is 9.98. The van der Waals surface area contributed by atoms with E-state index in [0.717, 1.165) is 0 Å². The highest BCUT2D eigenvalue weighted by Gasteiger charge is 2.00. The minimum absolute atomic E-state index is 1.25. The van der Waals surface area contributed by atoms with Crippen molar-refractivity contribution in [1.82, 2.24) is 0 Å². The number of rotatable bonds is 8. The van der Waals surface area contributed by atoms with Crippen LogP contribution in [0.2, 0.25) is 0 Å². The van der Waals surface area contributed by atoms with Gasteiger partial charge in [-0.1, -0.05) is 71.6 Å². The molecule has 0 saturated heterocycles. The van der Waals surface area contributed by atoms with E-state index in [1.807, 2.05) is 13.8 Å². The van der Waals surface area contributed by atoms with Gasteiger partial charge in [-0.15, -0.1) is 0 Å². The summed E-state index contributed by atoms with van der Waals surface area (Å²) in [6.07, 6.45) is 10.6. The van der Waals surface area contributed by atoms with Crippen LogP contribution in [0, 0.1) is 6.92 Å². The molecule has 0 amide bonds. The molecule has 1 rings (SSSR count). The number of hydrogen-bond donors (Lipinski definition) is 0. The average Bonchev–Trinajstić information content (AvgIpc) is 2.45. The van der Waals surface area contributed by atoms with E-state index in [-0.39, 0.29) is 0 Å². The van der Waals surface area contributed by atoms with Gasteiger partial charge in [0.2, 0.25) is 0 Å². The van der Waals surface area contributed by atoms with E-state index < -0.39 is 0 Å². The van der Waals surface area contributed by atoms with Crippen LogP contribution in [0.15, 0.2) is 18.2 Å². The summed E-state index contributed by atoms with van der Waals surface area (Å²) in [6, 6.07) is 7.08. The highest BCUT2D eigenvalue weighted by molar-refractivity contribution is 5.31. The summed E-state index contributed by atoms with van der Waals surface area (Å²) in [5, 5.41) is 0. The van der Waals surface area contributed by atoms with Gasteiger partial charge in [-0.2, -0.15) is 0 Å². The SMILES string of the molecule is CC.CCCCCCc1ccc(CCCC)c(C)c1. The van der Waals surface area contributed by atoms with E-state index in [2.05, 4.69) is 39.0 Å². The van der Waals surface area contributed by atoms with E-state index in [1.165, 1.54) is 62.5 Å². The van der Waals surface area contributed by atoms with Crippen LogP contribution < -0.4 is 0 Å². The van der Waals surface area contributed by atoms with E-state index in [1.54, 1.807) is 5.56 Å². The minimum atomic E-state index is 1.25. The van der Waals surface area contributed by atoms with Crippen LogP contribution in [0.5, 0.6) is 0 Å². The standard InChI is InChI=1S/C17H28.C2H6/c1-4-6-8-9-10-16-12-13-17(11-7-5-2)15(3)14-16;1-2/h12-14H,4-11H2,1-3H3;1-2H3. The van der Waals surface area contributed by atoms with Crippen molar-refractivity contribution in [2.45, 2.75) is 86.0 Å². The molecule has 0 bridgehead atoms. The van der Waals surface area contributed by atoms with Gasteiger partial charge in [0.1, 0.15) is 0 Å². The van der Waals surface area contributed by atoms with E-state index in [4.69, 9.17) is 0 Å². The molecule has 0 radical (unpaired) electrons. The van der Waals surface area contributed by atoms with Crippen LogP contribution in [-0.4, -0.2) is 0 Å². The summed E-state index contributed by atoms with van der Waals surface area (Å²) in [6.45, 7) is 10.8. The molecular formula is C19H34. The quantitative estimate of drug-likeness (QED) is 0.470. The molecule has 1 aromatic rings. The van der Waals surface area contributed by atoms with Crippen LogP contribution in [0.1, 0.15) is 82.9 Å². The third kappa shape index (κ3) is 8.08. The monoisotopic (exact) mass is 262 g/mol. The molecule has 0 nitrogen and oxygen atoms in total. The van der Waals surface area contributed by atoms with Crippen molar-refractivity contribution in [3.05, 3.63) is 34.9 Å². The van der Waals surface area contributed by atoms with Crippen molar-refractivity contribution in [3.63, 3.8) is 0 Å². The second-order valence-electron chi connectivity index (χ2n) is 5.18. The normalized spacial score (nSPS) is 9.95. The zero-order chi connectivity index (χ0) is 14.5. The fourth-order valence-electron chi connectivity index (χ4n) is 2.32. The van der Waals surface area contributed by atoms with Gasteiger partial charge in [0, 0.05) is 0 Å². The number of unbranched alkanes of at least 4 members (excludes halogenated alkanes) is 4. The summed E-state index contributed by atoms with van der Waals surface area (Å²) in [4.78, 5) is 0. The molecule has 0 fully saturated rings. The van der Waals surface area contributed by atoms with Gasteiger partial charge in [-0.05, 0) is 49.3 Å². The Morgan fingerprint density at radius 2 is 1.47 bits per heavy atom. The largest absolute Gasteiger partial charge is 0.0683 e. The first-order chi connectivity index (χ1) is 9.27. The molecule has 0 spiro atoms. The smallest absolute Gasteiger partial charge is 0.0276 e. The highest BCUT2D eigenvalue weighted by atomic mass is 14.1. The van der Waals surface area contributed by atoms with Crippen LogP contribution >= 0.6 is 0 Å². The number of hydrogen-bond acceptors (Lipinski definition) is 0. The molecule has 0 aromatic heterocycles. The van der Waals surface area contributed by atoms with E-state index in [9.17, 15) is 0 Å². The molecule has 0 saturated carbocycles. The van der Waals surface area contributed by atoms with Gasteiger partial charge in [0.25, 0.3) is 0 Å². The Labute approximate surface area is 121 Å². The topological polar surface area (TPSA) is 0 Å². The van der Waals surface area contributed by atoms with Crippen molar-refractivity contribution in [2.75, 3.05) is 0 Å². The fourth-order valence-corrected chi connectivity index (χ4v) is 2.32. The molecule has 0 atom stereocenters. The lowest BCUT2D eigenvalue weighted by molar-refractivity contribution is 0.666. The maximum absolute atomic E-state index is 2.40. The first-order valence-corrected chi connectivity index (χ1v) is 8.36. The zero-order valence-electron chi connectivity index (χ0n) is 13.9. The molecule has 0 aliphatic heterocycles. The molecule has 0 heteroatoms. The molecule has 0 aliphatic rings. The Balaban J connectivity index is 0.00000154. The van der Waals surface area contributed by atoms with Crippen molar-refractivity contribution < 1.29 is 0 Å². The highest BCUT2D eigenvalue weighted by Crippen LogP contribution is 2.16. The van der Waals surface area contributed by atoms with Crippen LogP contribution in [0.4, 0.5) is 0 Å². The Bertz CT molecular complexity index is 312. The molecular weight excluding hydrogens is 228 g/mol. The van der Waals surface area contributed by atoms with Gasteiger partial charge in [0.15, 0.2) is 0 Å². The van der Waals surface area contributed by atoms with Crippen molar-refractivity contribution in [3.8, 4) is 0 Å². The lowest BCUT2D eigenvalue weighted by Gasteiger charge is -2.08. The third-order valence-corrected chi connectivity index (χ3v) is 3.53.